The number of para-hydroxylation sites is 1. The van der Waals surface area contributed by atoms with Gasteiger partial charge in [-0.1, -0.05) is 48.5 Å². The van der Waals surface area contributed by atoms with Gasteiger partial charge < -0.3 is 21.1 Å². The molecule has 34 heavy (non-hydrogen) atoms. The number of aryl methyl sites for hydroxylation is 2. The van der Waals surface area contributed by atoms with Crippen molar-refractivity contribution in [1.82, 2.24) is 0 Å². The lowest BCUT2D eigenvalue weighted by Gasteiger charge is -2.31. The summed E-state index contributed by atoms with van der Waals surface area (Å²) < 4.78 is 0. The zero-order valence-electron chi connectivity index (χ0n) is 19.7. The molecule has 2 amide bonds. The molecule has 4 N–H and O–H groups in total. The van der Waals surface area contributed by atoms with Crippen LogP contribution in [0.1, 0.15) is 41.2 Å². The molecule has 5 rings (SSSR count). The van der Waals surface area contributed by atoms with Crippen LogP contribution in [0.5, 0.6) is 5.75 Å². The Morgan fingerprint density at radius 2 is 1.88 bits per heavy atom. The van der Waals surface area contributed by atoms with E-state index < -0.39 is 0 Å². The van der Waals surface area contributed by atoms with Gasteiger partial charge in [0.2, 0.25) is 11.8 Å². The monoisotopic (exact) mass is 457 g/mol. The Hall–Kier alpha value is -3.80. The third-order valence-electron chi connectivity index (χ3n) is 6.46. The van der Waals surface area contributed by atoms with Gasteiger partial charge in [-0.15, -0.1) is 0 Å². The number of fused-ring (bicyclic) bond motifs is 2. The van der Waals surface area contributed by atoms with E-state index in [9.17, 15) is 14.7 Å². The molecule has 3 aromatic carbocycles. The van der Waals surface area contributed by atoms with Crippen LogP contribution < -0.4 is 16.0 Å². The molecule has 0 aromatic heterocycles. The van der Waals surface area contributed by atoms with Crippen molar-refractivity contribution < 1.29 is 14.7 Å². The van der Waals surface area contributed by atoms with Gasteiger partial charge in [-0.2, -0.15) is 0 Å². The zero-order valence-corrected chi connectivity index (χ0v) is 19.7. The van der Waals surface area contributed by atoms with Gasteiger partial charge in [0.05, 0.1) is 5.69 Å². The second kappa shape index (κ2) is 10.00. The number of hydrogen-bond donors (Lipinski definition) is 3. The molecule has 0 radical (unpaired) electrons. The molecular weight excluding hydrogens is 426 g/mol. The molecule has 176 valence electrons. The fourth-order valence-electron chi connectivity index (χ4n) is 4.82. The number of carbonyl (C=O) groups is 2. The maximum absolute atomic E-state index is 11.9. The van der Waals surface area contributed by atoms with Gasteiger partial charge in [0.25, 0.3) is 0 Å². The van der Waals surface area contributed by atoms with E-state index in [4.69, 9.17) is 5.73 Å². The number of phenols is 1. The molecule has 0 spiro atoms. The van der Waals surface area contributed by atoms with Crippen LogP contribution in [0.25, 0.3) is 0 Å². The van der Waals surface area contributed by atoms with Crippen molar-refractivity contribution in [3.63, 3.8) is 0 Å². The molecule has 0 bridgehead atoms. The lowest BCUT2D eigenvalue weighted by atomic mass is 9.94. The van der Waals surface area contributed by atoms with E-state index in [-0.39, 0.29) is 23.6 Å². The average Bonchev–Trinajstić information content (AvgIpc) is 3.25. The van der Waals surface area contributed by atoms with Crippen LogP contribution >= 0.6 is 0 Å². The van der Waals surface area contributed by atoms with Gasteiger partial charge in [-0.25, -0.2) is 0 Å². The Labute approximate surface area is 200 Å². The van der Waals surface area contributed by atoms with E-state index in [0.29, 0.717) is 6.42 Å². The smallest absolute Gasteiger partial charge is 0.240 e. The molecule has 2 aliphatic rings. The third kappa shape index (κ3) is 5.06. The number of rotatable bonds is 3. The average molecular weight is 458 g/mol. The van der Waals surface area contributed by atoms with Crippen LogP contribution in [-0.4, -0.2) is 29.5 Å². The fraction of sp³-hybridized carbons (Fsp3) is 0.286. The highest BCUT2D eigenvalue weighted by Gasteiger charge is 2.26. The van der Waals surface area contributed by atoms with Gasteiger partial charge in [0, 0.05) is 31.6 Å². The molecule has 0 fully saturated rings. The lowest BCUT2D eigenvalue weighted by molar-refractivity contribution is -0.118. The minimum absolute atomic E-state index is 0.145. The predicted molar refractivity (Wildman–Crippen MR) is 135 cm³/mol. The molecule has 3 aromatic rings. The van der Waals surface area contributed by atoms with Crippen LogP contribution in [0, 0.1) is 6.92 Å². The predicted octanol–water partition coefficient (Wildman–Crippen LogP) is 4.10. The first kappa shape index (κ1) is 23.4. The number of nitrogens with two attached hydrogens (primary N) is 1. The van der Waals surface area contributed by atoms with Gasteiger partial charge >= 0.3 is 0 Å². The SMILES string of the molecule is CC(=O)N1CCCc2cccc(Cc3ccccc3)c21.Cc1cc(O)cc2c1CC(C(N)=O)N2. The maximum atomic E-state index is 11.9. The quantitative estimate of drug-likeness (QED) is 0.552. The van der Waals surface area contributed by atoms with Crippen LogP contribution in [-0.2, 0) is 28.9 Å². The van der Waals surface area contributed by atoms with Crippen LogP contribution in [0.4, 0.5) is 11.4 Å². The van der Waals surface area contributed by atoms with Crippen molar-refractivity contribution in [1.29, 1.82) is 0 Å². The summed E-state index contributed by atoms with van der Waals surface area (Å²) in [7, 11) is 0. The summed E-state index contributed by atoms with van der Waals surface area (Å²) in [5.74, 6) is -0.00887. The van der Waals surface area contributed by atoms with E-state index in [0.717, 1.165) is 48.3 Å². The highest BCUT2D eigenvalue weighted by Crippen LogP contribution is 2.33. The Morgan fingerprint density at radius 3 is 2.59 bits per heavy atom. The van der Waals surface area contributed by atoms with E-state index in [1.54, 1.807) is 19.1 Å². The molecule has 0 saturated carbocycles. The van der Waals surface area contributed by atoms with E-state index in [1.165, 1.54) is 16.7 Å². The summed E-state index contributed by atoms with van der Waals surface area (Å²) in [6.45, 7) is 4.41. The summed E-state index contributed by atoms with van der Waals surface area (Å²) in [4.78, 5) is 24.8. The third-order valence-corrected chi connectivity index (χ3v) is 6.46. The first-order valence-electron chi connectivity index (χ1n) is 11.6. The summed E-state index contributed by atoms with van der Waals surface area (Å²) in [6.07, 6.45) is 3.62. The first-order valence-corrected chi connectivity index (χ1v) is 11.6. The molecule has 1 unspecified atom stereocenters. The van der Waals surface area contributed by atoms with Crippen molar-refractivity contribution >= 4 is 23.2 Å². The molecule has 0 saturated heterocycles. The largest absolute Gasteiger partial charge is 0.508 e. The van der Waals surface area contributed by atoms with Crippen molar-refractivity contribution in [2.24, 2.45) is 5.73 Å². The van der Waals surface area contributed by atoms with Gasteiger partial charge in [-0.05, 0) is 60.1 Å². The van der Waals surface area contributed by atoms with Crippen molar-refractivity contribution in [2.45, 2.75) is 45.6 Å². The Morgan fingerprint density at radius 1 is 1.12 bits per heavy atom. The second-order valence-corrected chi connectivity index (χ2v) is 8.95. The molecule has 0 aliphatic carbocycles. The number of amides is 2. The first-order chi connectivity index (χ1) is 16.3. The number of primary amides is 1. The Balaban J connectivity index is 0.000000172. The van der Waals surface area contributed by atoms with Gasteiger partial charge in [0.1, 0.15) is 11.8 Å². The number of aromatic hydroxyl groups is 1. The number of anilines is 2. The van der Waals surface area contributed by atoms with E-state index >= 15 is 0 Å². The molecule has 2 heterocycles. The van der Waals surface area contributed by atoms with Crippen LogP contribution in [0.2, 0.25) is 0 Å². The molecule has 6 heteroatoms. The maximum Gasteiger partial charge on any atom is 0.240 e. The van der Waals surface area contributed by atoms with Gasteiger partial charge in [-0.3, -0.25) is 9.59 Å². The summed E-state index contributed by atoms with van der Waals surface area (Å²) >= 11 is 0. The minimum atomic E-state index is -0.361. The normalized spacial score (nSPS) is 15.9. The lowest BCUT2D eigenvalue weighted by Crippen LogP contribution is -2.34. The van der Waals surface area contributed by atoms with Crippen LogP contribution in [0.15, 0.2) is 60.7 Å². The van der Waals surface area contributed by atoms with E-state index in [2.05, 4.69) is 47.8 Å². The number of nitrogens with zero attached hydrogens (tertiary/aromatic N) is 1. The second-order valence-electron chi connectivity index (χ2n) is 8.95. The van der Waals surface area contributed by atoms with Crippen LogP contribution in [0.3, 0.4) is 0 Å². The zero-order chi connectivity index (χ0) is 24.2. The summed E-state index contributed by atoms with van der Waals surface area (Å²) in [6, 6.07) is 19.8. The number of nitrogens with one attached hydrogen (secondary N) is 1. The Kier molecular flexibility index (Phi) is 6.87. The molecule has 2 aliphatic heterocycles. The minimum Gasteiger partial charge on any atom is -0.508 e. The van der Waals surface area contributed by atoms with E-state index in [1.807, 2.05) is 17.9 Å². The topological polar surface area (TPSA) is 95.7 Å². The molecular formula is C28H31N3O3. The highest BCUT2D eigenvalue weighted by molar-refractivity contribution is 5.94. The molecule has 1 atom stereocenters. The Bertz CT molecular complexity index is 1210. The summed E-state index contributed by atoms with van der Waals surface area (Å²) in [5, 5.41) is 12.3. The number of hydrogen-bond acceptors (Lipinski definition) is 4. The van der Waals surface area contributed by atoms with Crippen molar-refractivity contribution in [3.05, 3.63) is 88.5 Å². The van der Waals surface area contributed by atoms with Gasteiger partial charge in [0.15, 0.2) is 0 Å². The fourth-order valence-corrected chi connectivity index (χ4v) is 4.82. The highest BCUT2D eigenvalue weighted by atomic mass is 16.3. The number of benzene rings is 3. The number of phenolic OH excluding ortho intramolecular Hbond substituents is 1. The number of carbonyl (C=O) groups excluding carboxylic acids is 2. The summed E-state index contributed by atoms with van der Waals surface area (Å²) in [5.41, 5.74) is 13.1. The van der Waals surface area contributed by atoms with Crippen molar-refractivity contribution in [2.75, 3.05) is 16.8 Å². The molecule has 6 nitrogen and oxygen atoms in total. The van der Waals surface area contributed by atoms with Crippen molar-refractivity contribution in [3.8, 4) is 5.75 Å². The standard InChI is InChI=1S/C18H19NO.C10H12N2O2/c1-14(20)19-12-6-11-16-9-5-10-17(18(16)19)13-15-7-3-2-4-8-15;1-5-2-6(13)3-8-7(5)4-9(12-8)10(11)14/h2-5,7-10H,6,11-13H2,1H3;2-3,9,12-13H,4H2,1H3,(H2,11,14).